The molecule has 17 heavy (non-hydrogen) atoms. The molecule has 0 aromatic heterocycles. The van der Waals surface area contributed by atoms with Crippen molar-refractivity contribution in [2.45, 2.75) is 25.4 Å². The number of hydrogen-bond donors (Lipinski definition) is 0. The Bertz CT molecular complexity index is 411. The molecule has 4 heteroatoms. The number of carbonyl (C=O) groups excluding carboxylic acids is 1. The summed E-state index contributed by atoms with van der Waals surface area (Å²) in [6.07, 6.45) is 2.62. The summed E-state index contributed by atoms with van der Waals surface area (Å²) in [7, 11) is 1.58. The molecule has 1 aromatic carbocycles. The van der Waals surface area contributed by atoms with Gasteiger partial charge in [-0.1, -0.05) is 0 Å². The van der Waals surface area contributed by atoms with E-state index in [-0.39, 0.29) is 11.9 Å². The van der Waals surface area contributed by atoms with Crippen LogP contribution in [0.15, 0.2) is 18.2 Å². The summed E-state index contributed by atoms with van der Waals surface area (Å²) in [6.45, 7) is 0.683. The van der Waals surface area contributed by atoms with Crippen LogP contribution in [0.4, 0.5) is 0 Å². The third kappa shape index (κ3) is 2.98. The van der Waals surface area contributed by atoms with Crippen molar-refractivity contribution in [1.29, 1.82) is 0 Å². The lowest BCUT2D eigenvalue weighted by Gasteiger charge is -2.22. The van der Waals surface area contributed by atoms with E-state index in [1.807, 2.05) is 18.2 Å². The van der Waals surface area contributed by atoms with Gasteiger partial charge in [0.1, 0.15) is 11.9 Å². The molecule has 1 unspecified atom stereocenters. The molecule has 0 N–H and O–H groups in total. The maximum Gasteiger partial charge on any atom is 0.195 e. The highest BCUT2D eigenvalue weighted by Crippen LogP contribution is 2.25. The zero-order valence-electron chi connectivity index (χ0n) is 9.74. The first-order chi connectivity index (χ1) is 8.22. The van der Waals surface area contributed by atoms with Crippen LogP contribution in [-0.2, 0) is 4.74 Å². The molecule has 0 saturated carbocycles. The predicted octanol–water partition coefficient (Wildman–Crippen LogP) is 3.05. The molecule has 0 radical (unpaired) electrons. The fraction of sp³-hybridized carbons (Fsp3) is 0.462. The summed E-state index contributed by atoms with van der Waals surface area (Å²) < 4.78 is 11.8. The van der Waals surface area contributed by atoms with E-state index >= 15 is 0 Å². The number of ether oxygens (including phenoxy) is 2. The first-order valence-corrected chi connectivity index (χ1v) is 6.79. The molecule has 2 rings (SSSR count). The fourth-order valence-electron chi connectivity index (χ4n) is 1.99. The van der Waals surface area contributed by atoms with Gasteiger partial charge in [-0.25, -0.2) is 0 Å². The third-order valence-electron chi connectivity index (χ3n) is 2.90. The van der Waals surface area contributed by atoms with E-state index in [9.17, 15) is 4.79 Å². The predicted molar refractivity (Wildman–Crippen MR) is 73.6 cm³/mol. The topological polar surface area (TPSA) is 35.5 Å². The van der Waals surface area contributed by atoms with Crippen LogP contribution in [0.5, 0.6) is 5.75 Å². The summed E-state index contributed by atoms with van der Waals surface area (Å²) in [5, 5.41) is 0. The minimum atomic E-state index is -0.296. The van der Waals surface area contributed by atoms with Crippen LogP contribution in [0.2, 0.25) is 0 Å². The van der Waals surface area contributed by atoms with E-state index in [0.717, 1.165) is 22.8 Å². The second-order valence-electron chi connectivity index (χ2n) is 4.06. The van der Waals surface area contributed by atoms with E-state index in [2.05, 4.69) is 22.6 Å². The first-order valence-electron chi connectivity index (χ1n) is 5.71. The maximum absolute atomic E-state index is 12.3. The monoisotopic (exact) mass is 346 g/mol. The average molecular weight is 346 g/mol. The largest absolute Gasteiger partial charge is 0.496 e. The van der Waals surface area contributed by atoms with Gasteiger partial charge < -0.3 is 9.47 Å². The lowest BCUT2D eigenvalue weighted by molar-refractivity contribution is 0.0184. The fourth-order valence-corrected chi connectivity index (χ4v) is 2.48. The molecule has 0 spiro atoms. The normalized spacial score (nSPS) is 20.0. The van der Waals surface area contributed by atoms with Crippen LogP contribution in [0.25, 0.3) is 0 Å². The lowest BCUT2D eigenvalue weighted by atomic mass is 9.99. The number of hydrogen-bond acceptors (Lipinski definition) is 3. The average Bonchev–Trinajstić information content (AvgIpc) is 2.39. The van der Waals surface area contributed by atoms with E-state index < -0.39 is 0 Å². The Morgan fingerprint density at radius 2 is 2.29 bits per heavy atom. The Morgan fingerprint density at radius 1 is 1.47 bits per heavy atom. The molecule has 1 atom stereocenters. The highest BCUT2D eigenvalue weighted by molar-refractivity contribution is 14.1. The van der Waals surface area contributed by atoms with Gasteiger partial charge in [-0.15, -0.1) is 0 Å². The summed E-state index contributed by atoms with van der Waals surface area (Å²) >= 11 is 2.19. The van der Waals surface area contributed by atoms with Crippen molar-refractivity contribution in [3.8, 4) is 5.75 Å². The Hall–Kier alpha value is -0.620. The number of ketones is 1. The van der Waals surface area contributed by atoms with Crippen molar-refractivity contribution in [3.63, 3.8) is 0 Å². The van der Waals surface area contributed by atoms with Gasteiger partial charge in [-0.2, -0.15) is 0 Å². The first kappa shape index (κ1) is 12.8. The van der Waals surface area contributed by atoms with Gasteiger partial charge in [0, 0.05) is 10.2 Å². The van der Waals surface area contributed by atoms with E-state index in [1.165, 1.54) is 0 Å². The van der Waals surface area contributed by atoms with E-state index in [1.54, 1.807) is 7.11 Å². The second kappa shape index (κ2) is 5.82. The van der Waals surface area contributed by atoms with Crippen LogP contribution in [0.1, 0.15) is 29.6 Å². The van der Waals surface area contributed by atoms with Crippen LogP contribution in [0.3, 0.4) is 0 Å². The Morgan fingerprint density at radius 3 is 2.94 bits per heavy atom. The molecule has 1 heterocycles. The smallest absolute Gasteiger partial charge is 0.195 e. The molecule has 1 saturated heterocycles. The third-order valence-corrected chi connectivity index (χ3v) is 3.57. The second-order valence-corrected chi connectivity index (χ2v) is 5.31. The highest BCUT2D eigenvalue weighted by Gasteiger charge is 2.25. The quantitative estimate of drug-likeness (QED) is 0.623. The zero-order valence-corrected chi connectivity index (χ0v) is 11.9. The standard InChI is InChI=1S/C13H15IO3/c1-16-11-6-5-9(14)8-10(11)13(15)12-4-2-3-7-17-12/h5-6,8,12H,2-4,7H2,1H3. The Balaban J connectivity index is 2.25. The van der Waals surface area contributed by atoms with Crippen molar-refractivity contribution in [3.05, 3.63) is 27.3 Å². The molecule has 1 fully saturated rings. The number of benzene rings is 1. The molecule has 0 bridgehead atoms. The summed E-state index contributed by atoms with van der Waals surface area (Å²) in [6, 6.07) is 5.62. The summed E-state index contributed by atoms with van der Waals surface area (Å²) in [5.74, 6) is 0.671. The maximum atomic E-state index is 12.3. The van der Waals surface area contributed by atoms with Gasteiger partial charge in [-0.05, 0) is 60.1 Å². The number of Topliss-reactive ketones (excluding diaryl/α,β-unsaturated/α-hetero) is 1. The summed E-state index contributed by atoms with van der Waals surface area (Å²) in [4.78, 5) is 12.3. The van der Waals surface area contributed by atoms with E-state index in [4.69, 9.17) is 9.47 Å². The van der Waals surface area contributed by atoms with Gasteiger partial charge in [0.05, 0.1) is 12.7 Å². The molecular weight excluding hydrogens is 331 g/mol. The van der Waals surface area contributed by atoms with Crippen molar-refractivity contribution in [2.75, 3.05) is 13.7 Å². The molecule has 0 aliphatic carbocycles. The SMILES string of the molecule is COc1ccc(I)cc1C(=O)C1CCCCO1. The van der Waals surface area contributed by atoms with Crippen LogP contribution < -0.4 is 4.74 Å². The highest BCUT2D eigenvalue weighted by atomic mass is 127. The number of rotatable bonds is 3. The molecular formula is C13H15IO3. The van der Waals surface area contributed by atoms with E-state index in [0.29, 0.717) is 17.9 Å². The van der Waals surface area contributed by atoms with Gasteiger partial charge in [0.25, 0.3) is 0 Å². The van der Waals surface area contributed by atoms with Crippen LogP contribution in [-0.4, -0.2) is 25.6 Å². The number of methoxy groups -OCH3 is 1. The molecule has 1 aliphatic rings. The van der Waals surface area contributed by atoms with Gasteiger partial charge in [0.2, 0.25) is 0 Å². The molecule has 92 valence electrons. The minimum Gasteiger partial charge on any atom is -0.496 e. The number of halogens is 1. The Kier molecular flexibility index (Phi) is 4.39. The van der Waals surface area contributed by atoms with Gasteiger partial charge in [0.15, 0.2) is 5.78 Å². The van der Waals surface area contributed by atoms with Gasteiger partial charge in [-0.3, -0.25) is 4.79 Å². The molecule has 0 amide bonds. The molecule has 3 nitrogen and oxygen atoms in total. The van der Waals surface area contributed by atoms with Crippen LogP contribution in [0, 0.1) is 3.57 Å². The Labute approximate surface area is 115 Å². The van der Waals surface area contributed by atoms with Crippen LogP contribution >= 0.6 is 22.6 Å². The van der Waals surface area contributed by atoms with Crippen molar-refractivity contribution in [2.24, 2.45) is 0 Å². The molecule has 1 aliphatic heterocycles. The molecule has 1 aromatic rings. The van der Waals surface area contributed by atoms with Crippen molar-refractivity contribution in [1.82, 2.24) is 0 Å². The minimum absolute atomic E-state index is 0.0417. The lowest BCUT2D eigenvalue weighted by Crippen LogP contribution is -2.28. The number of carbonyl (C=O) groups is 1. The summed E-state index contributed by atoms with van der Waals surface area (Å²) in [5.41, 5.74) is 0.631. The van der Waals surface area contributed by atoms with Crippen molar-refractivity contribution < 1.29 is 14.3 Å². The van der Waals surface area contributed by atoms with Gasteiger partial charge >= 0.3 is 0 Å². The van der Waals surface area contributed by atoms with Crippen molar-refractivity contribution >= 4 is 28.4 Å². The zero-order chi connectivity index (χ0) is 12.3.